The lowest BCUT2D eigenvalue weighted by Gasteiger charge is -1.99. The molecule has 0 atom stereocenters. The second kappa shape index (κ2) is 5.38. The minimum atomic E-state index is 0. The first-order chi connectivity index (χ1) is 7.83. The van der Waals surface area contributed by atoms with Gasteiger partial charge in [-0.25, -0.2) is 9.88 Å². The lowest BCUT2D eigenvalue weighted by atomic mass is 10.3. The van der Waals surface area contributed by atoms with Gasteiger partial charge in [0.05, 0.1) is 6.54 Å². The Morgan fingerprint density at radius 1 is 1.24 bits per heavy atom. The quantitative estimate of drug-likeness (QED) is 0.787. The van der Waals surface area contributed by atoms with Gasteiger partial charge in [-0.3, -0.25) is 0 Å². The summed E-state index contributed by atoms with van der Waals surface area (Å²) in [4.78, 5) is 0. The molecular formula is C12H12BrClN2S. The molecule has 5 heteroatoms. The van der Waals surface area contributed by atoms with E-state index in [0.717, 1.165) is 17.3 Å². The van der Waals surface area contributed by atoms with Crippen LogP contribution in [0.25, 0.3) is 0 Å². The summed E-state index contributed by atoms with van der Waals surface area (Å²) in [6.07, 6.45) is 2.47. The Morgan fingerprint density at radius 3 is 2.76 bits per heavy atom. The second-order valence-electron chi connectivity index (χ2n) is 3.92. The number of hydrogen-bond donors (Lipinski definition) is 1. The molecule has 0 saturated heterocycles. The zero-order valence-corrected chi connectivity index (χ0v) is 12.3. The van der Waals surface area contributed by atoms with E-state index >= 15 is 0 Å². The number of hydrogen-bond acceptors (Lipinski definition) is 2. The van der Waals surface area contributed by atoms with Crippen LogP contribution in [0.5, 0.6) is 0 Å². The maximum absolute atomic E-state index is 5.86. The Labute approximate surface area is 120 Å². The first-order valence-electron chi connectivity index (χ1n) is 5.36. The summed E-state index contributed by atoms with van der Waals surface area (Å²) < 4.78 is 2.36. The highest BCUT2D eigenvalue weighted by molar-refractivity contribution is 7.13. The van der Waals surface area contributed by atoms with Crippen molar-refractivity contribution in [2.75, 3.05) is 5.32 Å². The van der Waals surface area contributed by atoms with Crippen molar-refractivity contribution in [1.82, 2.24) is 0 Å². The standard InChI is InChI=1S/C12H11ClN2S.BrH/c13-9-3-5-10(6-4-9)14-12-15-7-1-2-11(15)8-16-12;/h3-6,8H,1-2,7H2;1H. The fraction of sp³-hybridized carbons (Fsp3) is 0.250. The number of benzene rings is 1. The van der Waals surface area contributed by atoms with Crippen LogP contribution in [0.3, 0.4) is 0 Å². The molecule has 0 unspecified atom stereocenters. The monoisotopic (exact) mass is 330 g/mol. The number of nitrogens with one attached hydrogen (secondary N) is 1. The number of rotatable bonds is 2. The molecule has 1 aromatic carbocycles. The Morgan fingerprint density at radius 2 is 2.00 bits per heavy atom. The summed E-state index contributed by atoms with van der Waals surface area (Å²) in [5, 5.41) is 7.67. The van der Waals surface area contributed by atoms with E-state index < -0.39 is 0 Å². The Balaban J connectivity index is 0.00000108. The van der Waals surface area contributed by atoms with Crippen LogP contribution in [0, 0.1) is 0 Å². The molecule has 1 aliphatic rings. The first kappa shape index (κ1) is 12.9. The molecule has 2 heterocycles. The third kappa shape index (κ3) is 2.64. The number of aryl methyl sites for hydroxylation is 1. The van der Waals surface area contributed by atoms with Crippen molar-refractivity contribution in [3.63, 3.8) is 0 Å². The van der Waals surface area contributed by atoms with E-state index in [-0.39, 0.29) is 17.0 Å². The molecule has 2 nitrogen and oxygen atoms in total. The van der Waals surface area contributed by atoms with Crippen LogP contribution >= 0.6 is 22.9 Å². The van der Waals surface area contributed by atoms with E-state index in [1.165, 1.54) is 23.7 Å². The van der Waals surface area contributed by atoms with Crippen LogP contribution in [-0.2, 0) is 13.0 Å². The minimum absolute atomic E-state index is 0. The number of aromatic nitrogens is 1. The van der Waals surface area contributed by atoms with Crippen LogP contribution in [0.15, 0.2) is 29.6 Å². The van der Waals surface area contributed by atoms with E-state index in [1.807, 2.05) is 24.3 Å². The van der Waals surface area contributed by atoms with Gasteiger partial charge < -0.3 is 17.0 Å². The first-order valence-corrected chi connectivity index (χ1v) is 6.61. The van der Waals surface area contributed by atoms with Gasteiger partial charge in [0, 0.05) is 16.8 Å². The van der Waals surface area contributed by atoms with Crippen molar-refractivity contribution in [2.45, 2.75) is 19.4 Å². The molecule has 0 spiro atoms. The summed E-state index contributed by atoms with van der Waals surface area (Å²) in [5.41, 5.74) is 2.54. The van der Waals surface area contributed by atoms with E-state index in [9.17, 15) is 0 Å². The van der Waals surface area contributed by atoms with Crippen LogP contribution in [0.1, 0.15) is 12.1 Å². The average Bonchev–Trinajstić information content (AvgIpc) is 2.86. The van der Waals surface area contributed by atoms with Gasteiger partial charge in [0.25, 0.3) is 0 Å². The van der Waals surface area contributed by atoms with Crippen molar-refractivity contribution < 1.29 is 21.5 Å². The van der Waals surface area contributed by atoms with Gasteiger partial charge in [-0.15, -0.1) is 0 Å². The zero-order chi connectivity index (χ0) is 11.0. The highest BCUT2D eigenvalue weighted by atomic mass is 79.9. The molecule has 0 fully saturated rings. The lowest BCUT2D eigenvalue weighted by Crippen LogP contribution is -3.00. The normalized spacial score (nSPS) is 13.0. The van der Waals surface area contributed by atoms with Crippen molar-refractivity contribution in [2.24, 2.45) is 0 Å². The molecule has 0 aliphatic carbocycles. The van der Waals surface area contributed by atoms with Crippen molar-refractivity contribution >= 4 is 33.8 Å². The highest BCUT2D eigenvalue weighted by Crippen LogP contribution is 2.23. The maximum Gasteiger partial charge on any atom is 0.339 e. The molecule has 0 saturated carbocycles. The van der Waals surface area contributed by atoms with Gasteiger partial charge in [-0.1, -0.05) is 22.9 Å². The number of anilines is 2. The fourth-order valence-electron chi connectivity index (χ4n) is 1.99. The van der Waals surface area contributed by atoms with E-state index in [2.05, 4.69) is 15.3 Å². The second-order valence-corrected chi connectivity index (χ2v) is 5.21. The number of thiazole rings is 1. The van der Waals surface area contributed by atoms with Crippen molar-refractivity contribution in [1.29, 1.82) is 0 Å². The molecule has 1 N–H and O–H groups in total. The molecule has 90 valence electrons. The predicted molar refractivity (Wildman–Crippen MR) is 67.6 cm³/mol. The number of nitrogens with zero attached hydrogens (tertiary/aromatic N) is 1. The van der Waals surface area contributed by atoms with Crippen LogP contribution in [0.2, 0.25) is 5.02 Å². The van der Waals surface area contributed by atoms with E-state index in [4.69, 9.17) is 11.6 Å². The van der Waals surface area contributed by atoms with Gasteiger partial charge in [-0.05, 0) is 30.7 Å². The third-order valence-corrected chi connectivity index (χ3v) is 4.00. The van der Waals surface area contributed by atoms with Crippen LogP contribution in [-0.4, -0.2) is 0 Å². The summed E-state index contributed by atoms with van der Waals surface area (Å²) in [5.74, 6) is 0. The molecule has 3 rings (SSSR count). The lowest BCUT2D eigenvalue weighted by molar-refractivity contribution is -0.672. The van der Waals surface area contributed by atoms with Crippen LogP contribution in [0.4, 0.5) is 10.8 Å². The van der Waals surface area contributed by atoms with Crippen molar-refractivity contribution in [3.05, 3.63) is 40.4 Å². The largest absolute Gasteiger partial charge is 1.00 e. The van der Waals surface area contributed by atoms with Gasteiger partial charge in [0.15, 0.2) is 0 Å². The smallest absolute Gasteiger partial charge is 0.339 e. The van der Waals surface area contributed by atoms with Crippen molar-refractivity contribution in [3.8, 4) is 0 Å². The van der Waals surface area contributed by atoms with Crippen LogP contribution < -0.4 is 26.9 Å². The SMILES string of the molecule is Clc1ccc(Nc2scc3[n+]2CCC3)cc1.[Br-]. The summed E-state index contributed by atoms with van der Waals surface area (Å²) in [6.45, 7) is 1.13. The van der Waals surface area contributed by atoms with Gasteiger partial charge in [0.1, 0.15) is 11.4 Å². The number of halogens is 2. The molecule has 1 aliphatic heterocycles. The van der Waals surface area contributed by atoms with E-state index in [0.29, 0.717) is 0 Å². The van der Waals surface area contributed by atoms with E-state index in [1.54, 1.807) is 11.3 Å². The topological polar surface area (TPSA) is 15.9 Å². The molecule has 0 radical (unpaired) electrons. The van der Waals surface area contributed by atoms with Gasteiger partial charge >= 0.3 is 5.13 Å². The molecule has 2 aromatic rings. The fourth-order valence-corrected chi connectivity index (χ4v) is 3.12. The number of fused-ring (bicyclic) bond motifs is 1. The molecule has 1 aromatic heterocycles. The third-order valence-electron chi connectivity index (χ3n) is 2.81. The highest BCUT2D eigenvalue weighted by Gasteiger charge is 2.22. The van der Waals surface area contributed by atoms with Gasteiger partial charge in [-0.2, -0.15) is 0 Å². The maximum atomic E-state index is 5.86. The molecule has 0 bridgehead atoms. The molecule has 17 heavy (non-hydrogen) atoms. The Hall–Kier alpha value is -0.580. The minimum Gasteiger partial charge on any atom is -1.00 e. The summed E-state index contributed by atoms with van der Waals surface area (Å²) in [7, 11) is 0. The zero-order valence-electron chi connectivity index (χ0n) is 9.12. The Kier molecular flexibility index (Phi) is 4.07. The average molecular weight is 332 g/mol. The van der Waals surface area contributed by atoms with Gasteiger partial charge in [0.2, 0.25) is 0 Å². The molecule has 0 amide bonds. The predicted octanol–water partition coefficient (Wildman–Crippen LogP) is 0.383. The molecular weight excluding hydrogens is 320 g/mol. The Bertz CT molecular complexity index is 510. The summed E-state index contributed by atoms with van der Waals surface area (Å²) in [6, 6.07) is 7.82. The summed E-state index contributed by atoms with van der Waals surface area (Å²) >= 11 is 7.63.